The van der Waals surface area contributed by atoms with Crippen LogP contribution in [0.15, 0.2) is 48.8 Å². The largest absolute Gasteiger partial charge is 0.457 e. The van der Waals surface area contributed by atoms with Gasteiger partial charge in [-0.25, -0.2) is 0 Å². The van der Waals surface area contributed by atoms with Gasteiger partial charge in [0.15, 0.2) is 0 Å². The minimum absolute atomic E-state index is 0.709. The molecular weight excluding hydrogens is 248 g/mol. The molecule has 0 saturated heterocycles. The number of nitrogens with zero attached hydrogens (tertiary/aromatic N) is 1. The minimum Gasteiger partial charge on any atom is -0.457 e. The SMILES string of the molecule is Cc1ccc(Oc2ccc(N)c3cnccc23)cc1C. The number of rotatable bonds is 2. The summed E-state index contributed by atoms with van der Waals surface area (Å²) < 4.78 is 6.00. The van der Waals surface area contributed by atoms with Gasteiger partial charge in [-0.05, 0) is 55.3 Å². The predicted molar refractivity (Wildman–Crippen MR) is 82.1 cm³/mol. The second-order valence-corrected chi connectivity index (χ2v) is 4.92. The second-order valence-electron chi connectivity index (χ2n) is 4.92. The van der Waals surface area contributed by atoms with E-state index >= 15 is 0 Å². The molecule has 0 fully saturated rings. The lowest BCUT2D eigenvalue weighted by atomic mass is 10.1. The van der Waals surface area contributed by atoms with Gasteiger partial charge in [-0.2, -0.15) is 0 Å². The van der Waals surface area contributed by atoms with E-state index in [9.17, 15) is 0 Å². The van der Waals surface area contributed by atoms with Gasteiger partial charge in [0.2, 0.25) is 0 Å². The molecule has 1 heterocycles. The van der Waals surface area contributed by atoms with Crippen molar-refractivity contribution in [1.29, 1.82) is 0 Å². The molecule has 100 valence electrons. The normalized spacial score (nSPS) is 10.7. The molecule has 0 radical (unpaired) electrons. The van der Waals surface area contributed by atoms with Crippen LogP contribution in [0.1, 0.15) is 11.1 Å². The Morgan fingerprint density at radius 2 is 1.80 bits per heavy atom. The number of nitrogens with two attached hydrogens (primary N) is 1. The van der Waals surface area contributed by atoms with Gasteiger partial charge in [0, 0.05) is 28.9 Å². The number of anilines is 1. The average molecular weight is 264 g/mol. The molecule has 20 heavy (non-hydrogen) atoms. The van der Waals surface area contributed by atoms with E-state index < -0.39 is 0 Å². The highest BCUT2D eigenvalue weighted by Crippen LogP contribution is 2.33. The van der Waals surface area contributed by atoms with E-state index in [1.54, 1.807) is 12.4 Å². The van der Waals surface area contributed by atoms with Crippen LogP contribution < -0.4 is 10.5 Å². The number of aryl methyl sites for hydroxylation is 2. The fourth-order valence-electron chi connectivity index (χ4n) is 2.18. The van der Waals surface area contributed by atoms with E-state index in [1.807, 2.05) is 30.3 Å². The van der Waals surface area contributed by atoms with Gasteiger partial charge in [-0.3, -0.25) is 4.98 Å². The maximum Gasteiger partial charge on any atom is 0.135 e. The maximum atomic E-state index is 6.00. The third-order valence-corrected chi connectivity index (χ3v) is 3.52. The van der Waals surface area contributed by atoms with E-state index in [2.05, 4.69) is 24.9 Å². The number of hydrogen-bond acceptors (Lipinski definition) is 3. The summed E-state index contributed by atoms with van der Waals surface area (Å²) in [5, 5.41) is 1.88. The Bertz CT molecular complexity index is 781. The molecule has 0 unspecified atom stereocenters. The first-order chi connectivity index (χ1) is 9.65. The average Bonchev–Trinajstić information content (AvgIpc) is 2.46. The Balaban J connectivity index is 2.06. The van der Waals surface area contributed by atoms with Gasteiger partial charge in [0.25, 0.3) is 0 Å². The molecule has 0 aliphatic carbocycles. The van der Waals surface area contributed by atoms with Crippen LogP contribution in [0.3, 0.4) is 0 Å². The van der Waals surface area contributed by atoms with Gasteiger partial charge in [0.1, 0.15) is 11.5 Å². The van der Waals surface area contributed by atoms with E-state index in [0.717, 1.165) is 22.3 Å². The van der Waals surface area contributed by atoms with Gasteiger partial charge in [-0.1, -0.05) is 6.07 Å². The Morgan fingerprint density at radius 3 is 2.60 bits per heavy atom. The summed E-state index contributed by atoms with van der Waals surface area (Å²) in [6.45, 7) is 4.16. The predicted octanol–water partition coefficient (Wildman–Crippen LogP) is 4.23. The number of ether oxygens (including phenoxy) is 1. The summed E-state index contributed by atoms with van der Waals surface area (Å²) in [5.41, 5.74) is 9.14. The maximum absolute atomic E-state index is 6.00. The van der Waals surface area contributed by atoms with Crippen molar-refractivity contribution in [2.24, 2.45) is 0 Å². The van der Waals surface area contributed by atoms with Crippen molar-refractivity contribution in [1.82, 2.24) is 4.98 Å². The molecule has 0 amide bonds. The fraction of sp³-hybridized carbons (Fsp3) is 0.118. The van der Waals surface area contributed by atoms with Crippen molar-refractivity contribution in [2.45, 2.75) is 13.8 Å². The van der Waals surface area contributed by atoms with Crippen LogP contribution >= 0.6 is 0 Å². The van der Waals surface area contributed by atoms with Gasteiger partial charge in [0.05, 0.1) is 0 Å². The van der Waals surface area contributed by atoms with Crippen molar-refractivity contribution < 1.29 is 4.74 Å². The molecule has 1 aromatic heterocycles. The van der Waals surface area contributed by atoms with Crippen molar-refractivity contribution in [3.63, 3.8) is 0 Å². The van der Waals surface area contributed by atoms with E-state index in [-0.39, 0.29) is 0 Å². The quantitative estimate of drug-likeness (QED) is 0.705. The van der Waals surface area contributed by atoms with Gasteiger partial charge < -0.3 is 10.5 Å². The van der Waals surface area contributed by atoms with Crippen molar-refractivity contribution in [3.05, 3.63) is 59.9 Å². The summed E-state index contributed by atoms with van der Waals surface area (Å²) in [7, 11) is 0. The first kappa shape index (κ1) is 12.5. The Kier molecular flexibility index (Phi) is 3.03. The zero-order chi connectivity index (χ0) is 14.1. The van der Waals surface area contributed by atoms with Crippen LogP contribution in [0.2, 0.25) is 0 Å². The molecule has 0 bridgehead atoms. The van der Waals surface area contributed by atoms with Gasteiger partial charge >= 0.3 is 0 Å². The third kappa shape index (κ3) is 2.18. The first-order valence-electron chi connectivity index (χ1n) is 6.52. The molecule has 0 aliphatic heterocycles. The zero-order valence-electron chi connectivity index (χ0n) is 11.6. The van der Waals surface area contributed by atoms with Crippen LogP contribution in [-0.2, 0) is 0 Å². The Labute approximate surface area is 118 Å². The number of fused-ring (bicyclic) bond motifs is 1. The van der Waals surface area contributed by atoms with E-state index in [1.165, 1.54) is 11.1 Å². The topological polar surface area (TPSA) is 48.1 Å². The van der Waals surface area contributed by atoms with Crippen LogP contribution in [0, 0.1) is 13.8 Å². The van der Waals surface area contributed by atoms with E-state index in [4.69, 9.17) is 10.5 Å². The molecular formula is C17H16N2O. The van der Waals surface area contributed by atoms with Crippen molar-refractivity contribution >= 4 is 16.5 Å². The van der Waals surface area contributed by atoms with E-state index in [0.29, 0.717) is 5.69 Å². The molecule has 3 nitrogen and oxygen atoms in total. The second kappa shape index (κ2) is 4.85. The Hall–Kier alpha value is -2.55. The molecule has 2 aromatic carbocycles. The highest BCUT2D eigenvalue weighted by molar-refractivity contribution is 5.96. The lowest BCUT2D eigenvalue weighted by molar-refractivity contribution is 0.488. The lowest BCUT2D eigenvalue weighted by Gasteiger charge is -2.11. The molecule has 3 aromatic rings. The number of aromatic nitrogens is 1. The van der Waals surface area contributed by atoms with Crippen LogP contribution in [-0.4, -0.2) is 4.98 Å². The molecule has 3 rings (SSSR count). The molecule has 3 heteroatoms. The summed E-state index contributed by atoms with van der Waals surface area (Å²) in [5.74, 6) is 1.62. The fourth-order valence-corrected chi connectivity index (χ4v) is 2.18. The standard InChI is InChI=1S/C17H16N2O/c1-11-3-4-13(9-12(11)2)20-17-6-5-16(18)15-10-19-8-7-14(15)17/h3-10H,18H2,1-2H3. The third-order valence-electron chi connectivity index (χ3n) is 3.52. The Morgan fingerprint density at radius 1 is 0.950 bits per heavy atom. The smallest absolute Gasteiger partial charge is 0.135 e. The number of nitrogen functional groups attached to an aromatic ring is 1. The number of hydrogen-bond donors (Lipinski definition) is 1. The summed E-state index contributed by atoms with van der Waals surface area (Å²) >= 11 is 0. The van der Waals surface area contributed by atoms with Crippen molar-refractivity contribution in [2.75, 3.05) is 5.73 Å². The molecule has 0 saturated carbocycles. The minimum atomic E-state index is 0.709. The monoisotopic (exact) mass is 264 g/mol. The van der Waals surface area contributed by atoms with Crippen molar-refractivity contribution in [3.8, 4) is 11.5 Å². The molecule has 0 atom stereocenters. The lowest BCUT2D eigenvalue weighted by Crippen LogP contribution is -1.92. The number of benzene rings is 2. The number of pyridine rings is 1. The molecule has 2 N–H and O–H groups in total. The van der Waals surface area contributed by atoms with Crippen LogP contribution in [0.5, 0.6) is 11.5 Å². The summed E-state index contributed by atoms with van der Waals surface area (Å²) in [6.07, 6.45) is 3.51. The molecule has 0 aliphatic rings. The summed E-state index contributed by atoms with van der Waals surface area (Å²) in [4.78, 5) is 4.11. The van der Waals surface area contributed by atoms with Crippen LogP contribution in [0.4, 0.5) is 5.69 Å². The summed E-state index contributed by atoms with van der Waals surface area (Å²) in [6, 6.07) is 11.7. The van der Waals surface area contributed by atoms with Gasteiger partial charge in [-0.15, -0.1) is 0 Å². The van der Waals surface area contributed by atoms with Crippen LogP contribution in [0.25, 0.3) is 10.8 Å². The highest BCUT2D eigenvalue weighted by Gasteiger charge is 2.06. The highest BCUT2D eigenvalue weighted by atomic mass is 16.5. The molecule has 0 spiro atoms. The zero-order valence-corrected chi connectivity index (χ0v) is 11.6. The first-order valence-corrected chi connectivity index (χ1v) is 6.52.